The molecule has 0 radical (unpaired) electrons. The number of esters is 1. The van der Waals surface area contributed by atoms with Crippen LogP contribution in [0.3, 0.4) is 0 Å². The minimum atomic E-state index is -0.711. The smallest absolute Gasteiger partial charge is 0.342 e. The van der Waals surface area contributed by atoms with Gasteiger partial charge in [0.25, 0.3) is 5.69 Å². The number of benzene rings is 3. The van der Waals surface area contributed by atoms with E-state index in [4.69, 9.17) is 4.74 Å². The van der Waals surface area contributed by atoms with Crippen LogP contribution in [-0.2, 0) is 14.3 Å². The maximum atomic E-state index is 13.0. The van der Waals surface area contributed by atoms with Gasteiger partial charge in [-0.25, -0.2) is 4.79 Å². The van der Waals surface area contributed by atoms with Crippen molar-refractivity contribution >= 4 is 23.5 Å². The van der Waals surface area contributed by atoms with Gasteiger partial charge in [0.1, 0.15) is 11.7 Å². The van der Waals surface area contributed by atoms with E-state index in [1.807, 2.05) is 36.4 Å². The summed E-state index contributed by atoms with van der Waals surface area (Å²) >= 11 is 0. The summed E-state index contributed by atoms with van der Waals surface area (Å²) < 4.78 is 5.81. The first kappa shape index (κ1) is 25.0. The first-order valence-electron chi connectivity index (χ1n) is 11.9. The Labute approximate surface area is 210 Å². The van der Waals surface area contributed by atoms with Crippen LogP contribution in [0, 0.1) is 10.1 Å². The molecule has 0 saturated carbocycles. The van der Waals surface area contributed by atoms with Crippen LogP contribution in [-0.4, -0.2) is 40.8 Å². The van der Waals surface area contributed by atoms with Crippen LogP contribution in [0.1, 0.15) is 42.5 Å². The van der Waals surface area contributed by atoms with E-state index in [-0.39, 0.29) is 23.4 Å². The topological polar surface area (TPSA) is 89.8 Å². The second kappa shape index (κ2) is 11.6. The lowest BCUT2D eigenvalue weighted by Gasteiger charge is -2.38. The Kier molecular flexibility index (Phi) is 8.02. The Bertz CT molecular complexity index is 1220. The van der Waals surface area contributed by atoms with Gasteiger partial charge in [-0.2, -0.15) is 0 Å². The number of non-ortho nitro benzene ring substituents is 1. The fourth-order valence-corrected chi connectivity index (χ4v) is 4.60. The number of piperidine rings is 1. The number of nitrogens with zero attached hydrogens (tertiary/aromatic N) is 2. The second-order valence-corrected chi connectivity index (χ2v) is 8.85. The van der Waals surface area contributed by atoms with E-state index < -0.39 is 16.7 Å². The minimum absolute atomic E-state index is 0.0154. The summed E-state index contributed by atoms with van der Waals surface area (Å²) in [6.45, 7) is 2.67. The van der Waals surface area contributed by atoms with Crippen molar-refractivity contribution in [2.24, 2.45) is 0 Å². The van der Waals surface area contributed by atoms with Gasteiger partial charge in [0.05, 0.1) is 11.0 Å². The summed E-state index contributed by atoms with van der Waals surface area (Å²) in [5.41, 5.74) is 2.47. The number of hydrogen-bond acceptors (Lipinski definition) is 6. The number of hydrogen-bond donors (Lipinski definition) is 0. The highest BCUT2D eigenvalue weighted by atomic mass is 16.6. The number of nitro benzene ring substituents is 1. The lowest BCUT2D eigenvalue weighted by Crippen LogP contribution is -2.43. The molecule has 1 saturated heterocycles. The average molecular weight is 485 g/mol. The summed E-state index contributed by atoms with van der Waals surface area (Å²) in [4.78, 5) is 38.2. The van der Waals surface area contributed by atoms with Crippen molar-refractivity contribution in [2.75, 3.05) is 13.1 Å². The lowest BCUT2D eigenvalue weighted by atomic mass is 9.94. The highest BCUT2D eigenvalue weighted by Gasteiger charge is 2.31. The van der Waals surface area contributed by atoms with E-state index in [2.05, 4.69) is 29.2 Å². The normalized spacial score (nSPS) is 16.5. The van der Waals surface area contributed by atoms with Gasteiger partial charge in [-0.1, -0.05) is 72.8 Å². The summed E-state index contributed by atoms with van der Waals surface area (Å²) in [7, 11) is 0. The number of Topliss-reactive ketones (excluding diaryl/α,β-unsaturated/α-hetero) is 1. The number of ether oxygens (including phenoxy) is 1. The van der Waals surface area contributed by atoms with Crippen LogP contribution >= 0.6 is 0 Å². The Morgan fingerprint density at radius 3 is 2.22 bits per heavy atom. The quantitative estimate of drug-likeness (QED) is 0.107. The molecule has 0 aliphatic carbocycles. The largest absolute Gasteiger partial charge is 0.457 e. The SMILES string of the molecule is CC(=O)C(=Cc1cccc([N+](=O)[O-])c1)C(=O)OC1CCCN(C(c2ccccc2)c2ccccc2)C1. The molecule has 0 aromatic heterocycles. The van der Waals surface area contributed by atoms with Crippen molar-refractivity contribution in [2.45, 2.75) is 31.9 Å². The van der Waals surface area contributed by atoms with Gasteiger partial charge in [-0.05, 0) is 49.1 Å². The fourth-order valence-electron chi connectivity index (χ4n) is 4.60. The van der Waals surface area contributed by atoms with Crippen LogP contribution in [0.15, 0.2) is 90.5 Å². The molecule has 3 aromatic rings. The first-order valence-corrected chi connectivity index (χ1v) is 11.9. The molecule has 3 aromatic carbocycles. The van der Waals surface area contributed by atoms with Crippen LogP contribution in [0.2, 0.25) is 0 Å². The van der Waals surface area contributed by atoms with Crippen molar-refractivity contribution in [3.63, 3.8) is 0 Å². The molecule has 0 amide bonds. The van der Waals surface area contributed by atoms with Gasteiger partial charge >= 0.3 is 5.97 Å². The highest BCUT2D eigenvalue weighted by molar-refractivity contribution is 6.19. The molecule has 36 heavy (non-hydrogen) atoms. The van der Waals surface area contributed by atoms with Gasteiger partial charge in [0, 0.05) is 18.7 Å². The van der Waals surface area contributed by atoms with Crippen LogP contribution in [0.25, 0.3) is 6.08 Å². The third kappa shape index (κ3) is 6.12. The molecule has 1 fully saturated rings. The summed E-state index contributed by atoms with van der Waals surface area (Å²) in [6.07, 6.45) is 2.52. The fraction of sp³-hybridized carbons (Fsp3) is 0.241. The third-order valence-corrected chi connectivity index (χ3v) is 6.27. The second-order valence-electron chi connectivity index (χ2n) is 8.85. The first-order chi connectivity index (χ1) is 17.4. The molecular weight excluding hydrogens is 456 g/mol. The van der Waals surface area contributed by atoms with Gasteiger partial charge in [0.2, 0.25) is 0 Å². The van der Waals surface area contributed by atoms with Crippen molar-refractivity contribution in [1.82, 2.24) is 4.90 Å². The third-order valence-electron chi connectivity index (χ3n) is 6.27. The molecule has 4 rings (SSSR count). The standard InChI is InChI=1S/C29H28N2O5/c1-21(32)27(19-22-10-8-15-25(18-22)31(34)35)29(33)36-26-16-9-17-30(20-26)28(23-11-4-2-5-12-23)24-13-6-3-7-14-24/h2-8,10-15,18-19,26,28H,9,16-17,20H2,1H3. The molecule has 184 valence electrons. The summed E-state index contributed by atoms with van der Waals surface area (Å²) in [5, 5.41) is 11.1. The number of rotatable bonds is 8. The molecule has 1 aliphatic heterocycles. The maximum Gasteiger partial charge on any atom is 0.342 e. The molecule has 0 spiro atoms. The zero-order chi connectivity index (χ0) is 25.5. The van der Waals surface area contributed by atoms with Gasteiger partial charge < -0.3 is 4.74 Å². The molecule has 1 heterocycles. The molecule has 1 atom stereocenters. The molecule has 0 N–H and O–H groups in total. The zero-order valence-corrected chi connectivity index (χ0v) is 20.1. The molecule has 7 heteroatoms. The number of carbonyl (C=O) groups is 2. The van der Waals surface area contributed by atoms with E-state index in [0.29, 0.717) is 18.5 Å². The zero-order valence-electron chi connectivity index (χ0n) is 20.1. The molecule has 0 bridgehead atoms. The van der Waals surface area contributed by atoms with Gasteiger partial charge in [-0.3, -0.25) is 19.8 Å². The predicted molar refractivity (Wildman–Crippen MR) is 137 cm³/mol. The van der Waals surface area contributed by atoms with Crippen molar-refractivity contribution in [3.8, 4) is 0 Å². The maximum absolute atomic E-state index is 13.0. The van der Waals surface area contributed by atoms with Crippen molar-refractivity contribution < 1.29 is 19.2 Å². The number of ketones is 1. The Hall–Kier alpha value is -4.10. The minimum Gasteiger partial charge on any atom is -0.457 e. The number of nitro groups is 1. The molecular formula is C29H28N2O5. The Morgan fingerprint density at radius 1 is 1.00 bits per heavy atom. The van der Waals surface area contributed by atoms with Crippen LogP contribution in [0.4, 0.5) is 5.69 Å². The van der Waals surface area contributed by atoms with Crippen molar-refractivity contribution in [1.29, 1.82) is 0 Å². The monoisotopic (exact) mass is 484 g/mol. The predicted octanol–water partition coefficient (Wildman–Crippen LogP) is 5.36. The van der Waals surface area contributed by atoms with Crippen molar-refractivity contribution in [3.05, 3.63) is 117 Å². The van der Waals surface area contributed by atoms with Crippen LogP contribution in [0.5, 0.6) is 0 Å². The van der Waals surface area contributed by atoms with E-state index in [0.717, 1.165) is 24.1 Å². The van der Waals surface area contributed by atoms with Gasteiger partial charge in [-0.15, -0.1) is 0 Å². The molecule has 1 unspecified atom stereocenters. The van der Waals surface area contributed by atoms with E-state index in [9.17, 15) is 19.7 Å². The summed E-state index contributed by atoms with van der Waals surface area (Å²) in [5.74, 6) is -1.16. The molecule has 7 nitrogen and oxygen atoms in total. The average Bonchev–Trinajstić information content (AvgIpc) is 2.89. The van der Waals surface area contributed by atoms with Gasteiger partial charge in [0.15, 0.2) is 5.78 Å². The van der Waals surface area contributed by atoms with E-state index >= 15 is 0 Å². The lowest BCUT2D eigenvalue weighted by molar-refractivity contribution is -0.384. The highest BCUT2D eigenvalue weighted by Crippen LogP contribution is 2.32. The summed E-state index contributed by atoms with van der Waals surface area (Å²) in [6, 6.07) is 26.3. The van der Waals surface area contributed by atoms with Crippen LogP contribution < -0.4 is 0 Å². The Balaban J connectivity index is 1.54. The van der Waals surface area contributed by atoms with E-state index in [1.165, 1.54) is 31.2 Å². The number of carbonyl (C=O) groups excluding carboxylic acids is 2. The number of likely N-dealkylation sites (tertiary alicyclic amines) is 1. The van der Waals surface area contributed by atoms with E-state index in [1.54, 1.807) is 6.07 Å². The molecule has 1 aliphatic rings. The Morgan fingerprint density at radius 2 is 1.64 bits per heavy atom.